The van der Waals surface area contributed by atoms with Crippen LogP contribution in [0, 0.1) is 10.1 Å². The summed E-state index contributed by atoms with van der Waals surface area (Å²) in [5, 5.41) is 29.9. The number of halogens is 1. The molecular formula is C21H15BrN4O4S2. The van der Waals surface area contributed by atoms with Gasteiger partial charge in [0.25, 0.3) is 5.69 Å². The van der Waals surface area contributed by atoms with Crippen molar-refractivity contribution in [2.45, 2.75) is 0 Å². The SMILES string of the molecule is COc1cc(C=Nn2c(-c3cccs3)csc2=Nc2ccccc2[N+](=O)[O-])cc(Br)c1O. The van der Waals surface area contributed by atoms with Crippen molar-refractivity contribution in [3.63, 3.8) is 0 Å². The summed E-state index contributed by atoms with van der Waals surface area (Å²) in [4.78, 5) is 16.9. The molecule has 0 aliphatic rings. The van der Waals surface area contributed by atoms with Gasteiger partial charge in [-0.1, -0.05) is 18.2 Å². The fourth-order valence-electron chi connectivity index (χ4n) is 2.85. The number of benzene rings is 2. The molecule has 0 unspecified atom stereocenters. The normalized spacial score (nSPS) is 11.9. The van der Waals surface area contributed by atoms with Crippen LogP contribution in [0.5, 0.6) is 11.5 Å². The number of aromatic nitrogens is 1. The summed E-state index contributed by atoms with van der Waals surface area (Å²) in [6.45, 7) is 0. The Morgan fingerprint density at radius 3 is 2.75 bits per heavy atom. The maximum Gasteiger partial charge on any atom is 0.294 e. The molecule has 0 aliphatic heterocycles. The molecule has 8 nitrogen and oxygen atoms in total. The first-order chi connectivity index (χ1) is 15.5. The molecular weight excluding hydrogens is 516 g/mol. The van der Waals surface area contributed by atoms with Gasteiger partial charge in [-0.05, 0) is 51.1 Å². The first-order valence-electron chi connectivity index (χ1n) is 9.11. The van der Waals surface area contributed by atoms with Gasteiger partial charge in [-0.15, -0.1) is 22.7 Å². The number of methoxy groups -OCH3 is 1. The molecule has 11 heteroatoms. The third kappa shape index (κ3) is 4.49. The lowest BCUT2D eigenvalue weighted by Gasteiger charge is -2.06. The Morgan fingerprint density at radius 2 is 2.03 bits per heavy atom. The first kappa shape index (κ1) is 21.9. The number of thiophene rings is 1. The van der Waals surface area contributed by atoms with E-state index in [2.05, 4.69) is 26.0 Å². The van der Waals surface area contributed by atoms with Gasteiger partial charge in [0.15, 0.2) is 11.5 Å². The summed E-state index contributed by atoms with van der Waals surface area (Å²) >= 11 is 6.19. The Labute approximate surface area is 198 Å². The molecule has 0 aliphatic carbocycles. The lowest BCUT2D eigenvalue weighted by Crippen LogP contribution is -2.11. The number of ether oxygens (including phenoxy) is 1. The first-order valence-corrected chi connectivity index (χ1v) is 11.7. The van der Waals surface area contributed by atoms with Crippen molar-refractivity contribution in [3.05, 3.63) is 84.2 Å². The Balaban J connectivity index is 1.86. The predicted octanol–water partition coefficient (Wildman–Crippen LogP) is 5.78. The number of hydrogen-bond acceptors (Lipinski definition) is 8. The second kappa shape index (κ2) is 9.47. The number of para-hydroxylation sites is 2. The van der Waals surface area contributed by atoms with E-state index < -0.39 is 4.92 Å². The van der Waals surface area contributed by atoms with Crippen LogP contribution < -0.4 is 9.54 Å². The fraction of sp³-hybridized carbons (Fsp3) is 0.0476. The number of aromatic hydroxyl groups is 1. The summed E-state index contributed by atoms with van der Waals surface area (Å²) in [6.07, 6.45) is 1.61. The molecule has 0 saturated carbocycles. The van der Waals surface area contributed by atoms with Crippen LogP contribution in [0.4, 0.5) is 11.4 Å². The van der Waals surface area contributed by atoms with Crippen molar-refractivity contribution in [2.75, 3.05) is 7.11 Å². The average molecular weight is 531 g/mol. The van der Waals surface area contributed by atoms with Crippen molar-refractivity contribution in [2.24, 2.45) is 10.1 Å². The number of hydrogen-bond donors (Lipinski definition) is 1. The second-order valence-corrected chi connectivity index (χ2v) is 8.99. The van der Waals surface area contributed by atoms with Crippen LogP contribution in [0.2, 0.25) is 0 Å². The number of phenolic OH excluding ortho intramolecular Hbond substituents is 1. The molecule has 2 heterocycles. The van der Waals surface area contributed by atoms with E-state index in [4.69, 9.17) is 4.74 Å². The maximum atomic E-state index is 11.4. The number of rotatable bonds is 6. The summed E-state index contributed by atoms with van der Waals surface area (Å²) < 4.78 is 7.31. The predicted molar refractivity (Wildman–Crippen MR) is 129 cm³/mol. The Morgan fingerprint density at radius 1 is 1.22 bits per heavy atom. The molecule has 32 heavy (non-hydrogen) atoms. The van der Waals surface area contributed by atoms with E-state index in [0.717, 1.165) is 10.6 Å². The van der Waals surface area contributed by atoms with E-state index >= 15 is 0 Å². The van der Waals surface area contributed by atoms with Gasteiger partial charge in [-0.3, -0.25) is 10.1 Å². The smallest absolute Gasteiger partial charge is 0.294 e. The van der Waals surface area contributed by atoms with Gasteiger partial charge in [0.1, 0.15) is 5.69 Å². The third-order valence-corrected chi connectivity index (χ3v) is 6.66. The van der Waals surface area contributed by atoms with Gasteiger partial charge < -0.3 is 9.84 Å². The quantitative estimate of drug-likeness (QED) is 0.194. The number of nitro groups is 1. The zero-order valence-electron chi connectivity index (χ0n) is 16.5. The van der Waals surface area contributed by atoms with Gasteiger partial charge in [0.05, 0.1) is 33.3 Å². The summed E-state index contributed by atoms with van der Waals surface area (Å²) in [6, 6.07) is 13.6. The Bertz CT molecular complexity index is 1380. The molecule has 2 aromatic carbocycles. The highest BCUT2D eigenvalue weighted by molar-refractivity contribution is 9.10. The minimum absolute atomic E-state index is 0.000753. The maximum absolute atomic E-state index is 11.4. The average Bonchev–Trinajstić information content (AvgIpc) is 3.44. The van der Waals surface area contributed by atoms with Crippen molar-refractivity contribution in [1.29, 1.82) is 0 Å². The molecule has 0 atom stereocenters. The van der Waals surface area contributed by atoms with E-state index in [9.17, 15) is 15.2 Å². The van der Waals surface area contributed by atoms with Crippen LogP contribution in [0.3, 0.4) is 0 Å². The zero-order chi connectivity index (χ0) is 22.7. The van der Waals surface area contributed by atoms with Gasteiger partial charge >= 0.3 is 0 Å². The van der Waals surface area contributed by atoms with Crippen molar-refractivity contribution >= 4 is 56.2 Å². The number of nitrogens with zero attached hydrogens (tertiary/aromatic N) is 4. The molecule has 0 saturated heterocycles. The van der Waals surface area contributed by atoms with E-state index in [1.54, 1.807) is 52.6 Å². The van der Waals surface area contributed by atoms with Gasteiger partial charge in [-0.25, -0.2) is 9.67 Å². The highest BCUT2D eigenvalue weighted by Gasteiger charge is 2.14. The van der Waals surface area contributed by atoms with E-state index in [0.29, 0.717) is 20.6 Å². The molecule has 4 rings (SSSR count). The second-order valence-electron chi connectivity index (χ2n) is 6.35. The molecule has 4 aromatic rings. The summed E-state index contributed by atoms with van der Waals surface area (Å²) in [5.41, 5.74) is 1.65. The molecule has 0 fully saturated rings. The zero-order valence-corrected chi connectivity index (χ0v) is 19.7. The minimum atomic E-state index is -0.458. The number of nitro benzene ring substituents is 1. The van der Waals surface area contributed by atoms with Crippen LogP contribution in [0.1, 0.15) is 5.56 Å². The lowest BCUT2D eigenvalue weighted by molar-refractivity contribution is -0.384. The monoisotopic (exact) mass is 530 g/mol. The highest BCUT2D eigenvalue weighted by Crippen LogP contribution is 2.35. The number of phenols is 1. The molecule has 2 aromatic heterocycles. The van der Waals surface area contributed by atoms with Gasteiger partial charge in [0.2, 0.25) is 4.80 Å². The van der Waals surface area contributed by atoms with E-state index in [1.807, 2.05) is 22.9 Å². The Kier molecular flexibility index (Phi) is 6.49. The van der Waals surface area contributed by atoms with Gasteiger partial charge in [-0.2, -0.15) is 5.10 Å². The van der Waals surface area contributed by atoms with Crippen LogP contribution in [-0.4, -0.2) is 28.0 Å². The molecule has 0 radical (unpaired) electrons. The topological polar surface area (TPSA) is 102 Å². The molecule has 0 amide bonds. The molecule has 162 valence electrons. The van der Waals surface area contributed by atoms with Crippen LogP contribution >= 0.6 is 38.6 Å². The fourth-order valence-corrected chi connectivity index (χ4v) is 4.95. The van der Waals surface area contributed by atoms with Crippen LogP contribution in [-0.2, 0) is 0 Å². The van der Waals surface area contributed by atoms with Crippen LogP contribution in [0.25, 0.3) is 10.6 Å². The van der Waals surface area contributed by atoms with E-state index in [1.165, 1.54) is 24.5 Å². The van der Waals surface area contributed by atoms with Gasteiger partial charge in [0, 0.05) is 11.4 Å². The number of thiazole rings is 1. The van der Waals surface area contributed by atoms with Crippen molar-refractivity contribution < 1.29 is 14.8 Å². The third-order valence-electron chi connectivity index (χ3n) is 4.35. The lowest BCUT2D eigenvalue weighted by atomic mass is 10.2. The van der Waals surface area contributed by atoms with Crippen LogP contribution in [0.15, 0.2) is 73.9 Å². The largest absolute Gasteiger partial charge is 0.503 e. The summed E-state index contributed by atoms with van der Waals surface area (Å²) in [7, 11) is 1.47. The molecule has 1 N–H and O–H groups in total. The van der Waals surface area contributed by atoms with Crippen molar-refractivity contribution in [3.8, 4) is 22.1 Å². The highest BCUT2D eigenvalue weighted by atomic mass is 79.9. The Hall–Kier alpha value is -3.28. The molecule has 0 spiro atoms. The standard InChI is InChI=1S/C21H15BrN4O4S2/c1-30-18-10-13(9-14(22)20(18)27)11-23-25-17(19-7-4-8-31-19)12-32-21(25)24-15-5-2-3-6-16(15)26(28)29/h2-12,27H,1H3. The van der Waals surface area contributed by atoms with E-state index in [-0.39, 0.29) is 17.1 Å². The van der Waals surface area contributed by atoms with Crippen molar-refractivity contribution in [1.82, 2.24) is 4.68 Å². The summed E-state index contributed by atoms with van der Waals surface area (Å²) in [5.74, 6) is 0.304. The molecule has 0 bridgehead atoms. The minimum Gasteiger partial charge on any atom is -0.503 e.